The summed E-state index contributed by atoms with van der Waals surface area (Å²) in [7, 11) is 0. The lowest BCUT2D eigenvalue weighted by Crippen LogP contribution is -2.33. The third kappa shape index (κ3) is 4.16. The van der Waals surface area contributed by atoms with Crippen molar-refractivity contribution in [1.29, 1.82) is 0 Å². The molecule has 3 aliphatic rings. The van der Waals surface area contributed by atoms with E-state index in [1.807, 2.05) is 18.2 Å². The van der Waals surface area contributed by atoms with Gasteiger partial charge >= 0.3 is 5.97 Å². The van der Waals surface area contributed by atoms with Crippen molar-refractivity contribution in [2.24, 2.45) is 23.7 Å². The highest BCUT2D eigenvalue weighted by atomic mass is 19.1. The molecule has 3 amide bonds. The van der Waals surface area contributed by atoms with E-state index >= 15 is 0 Å². The number of rotatable bonds is 6. The van der Waals surface area contributed by atoms with Gasteiger partial charge in [0.15, 0.2) is 6.61 Å². The Morgan fingerprint density at radius 2 is 1.55 bits per heavy atom. The molecule has 2 bridgehead atoms. The van der Waals surface area contributed by atoms with E-state index < -0.39 is 24.3 Å². The van der Waals surface area contributed by atoms with Gasteiger partial charge in [0.05, 0.1) is 23.1 Å². The number of halogens is 1. The van der Waals surface area contributed by atoms with Crippen molar-refractivity contribution < 1.29 is 28.3 Å². The predicted octanol–water partition coefficient (Wildman–Crippen LogP) is 4.55. The number of imide groups is 1. The minimum absolute atomic E-state index is 0.157. The monoisotopic (exact) mass is 512 g/mol. The van der Waals surface area contributed by atoms with Gasteiger partial charge in [-0.1, -0.05) is 30.3 Å². The molecule has 1 aliphatic heterocycles. The van der Waals surface area contributed by atoms with Crippen LogP contribution in [0.2, 0.25) is 0 Å². The Kier molecular flexibility index (Phi) is 6.02. The van der Waals surface area contributed by atoms with Crippen molar-refractivity contribution in [1.82, 2.24) is 0 Å². The van der Waals surface area contributed by atoms with Gasteiger partial charge in [-0.25, -0.2) is 9.18 Å². The number of benzene rings is 3. The van der Waals surface area contributed by atoms with Crippen LogP contribution in [-0.2, 0) is 19.1 Å². The van der Waals surface area contributed by atoms with Crippen LogP contribution in [0.3, 0.4) is 0 Å². The van der Waals surface area contributed by atoms with E-state index in [2.05, 4.69) is 17.4 Å². The first-order valence-corrected chi connectivity index (χ1v) is 12.7. The van der Waals surface area contributed by atoms with E-state index in [-0.39, 0.29) is 47.0 Å². The minimum Gasteiger partial charge on any atom is -0.452 e. The highest BCUT2D eigenvalue weighted by Gasteiger charge is 2.64. The van der Waals surface area contributed by atoms with E-state index in [0.717, 1.165) is 12.8 Å². The number of carbonyl (C=O) groups excluding carboxylic acids is 4. The summed E-state index contributed by atoms with van der Waals surface area (Å²) in [5, 5.41) is 2.51. The van der Waals surface area contributed by atoms with Gasteiger partial charge in [0.2, 0.25) is 11.8 Å². The molecule has 7 nitrogen and oxygen atoms in total. The Labute approximate surface area is 218 Å². The molecule has 0 aromatic heterocycles. The zero-order chi connectivity index (χ0) is 26.4. The van der Waals surface area contributed by atoms with Crippen LogP contribution < -0.4 is 10.2 Å². The zero-order valence-electron chi connectivity index (χ0n) is 20.4. The first-order valence-electron chi connectivity index (χ1n) is 12.7. The minimum atomic E-state index is -0.717. The van der Waals surface area contributed by atoms with Crippen LogP contribution in [0.25, 0.3) is 0 Å². The summed E-state index contributed by atoms with van der Waals surface area (Å²) in [5.74, 6) is -1.98. The average Bonchev–Trinajstić information content (AvgIpc) is 3.60. The Hall–Kier alpha value is -4.33. The molecule has 0 radical (unpaired) electrons. The lowest BCUT2D eigenvalue weighted by atomic mass is 9.73. The number of nitrogens with one attached hydrogen (secondary N) is 1. The average molecular weight is 513 g/mol. The van der Waals surface area contributed by atoms with Crippen molar-refractivity contribution in [2.45, 2.75) is 18.8 Å². The second-order valence-electron chi connectivity index (χ2n) is 10.2. The molecule has 2 saturated carbocycles. The summed E-state index contributed by atoms with van der Waals surface area (Å²) >= 11 is 0. The molecule has 0 spiro atoms. The largest absolute Gasteiger partial charge is 0.452 e. The molecule has 1 saturated heterocycles. The maximum absolute atomic E-state index is 13.5. The van der Waals surface area contributed by atoms with Gasteiger partial charge in [0, 0.05) is 5.69 Å². The van der Waals surface area contributed by atoms with E-state index in [4.69, 9.17) is 4.74 Å². The number of ether oxygens (including phenoxy) is 1. The smallest absolute Gasteiger partial charge is 0.338 e. The molecular formula is C30H25FN2O5. The highest BCUT2D eigenvalue weighted by molar-refractivity contribution is 6.22. The van der Waals surface area contributed by atoms with Crippen LogP contribution in [0, 0.1) is 29.5 Å². The first-order chi connectivity index (χ1) is 18.4. The SMILES string of the molecule is O=C(COC(=O)c1ccc(N2C(=O)[C@@H]3[C@@H]4C[C@@H]([C@H]3C2=O)[C@H](c2ccccc2)C4)cc1)Nc1ccc(F)cc1. The molecule has 1 N–H and O–H groups in total. The number of amides is 3. The molecule has 6 rings (SSSR count). The Balaban J connectivity index is 1.10. The summed E-state index contributed by atoms with van der Waals surface area (Å²) in [6.07, 6.45) is 1.82. The molecule has 2 aliphatic carbocycles. The number of hydrogen-bond acceptors (Lipinski definition) is 5. The quantitative estimate of drug-likeness (QED) is 0.386. The summed E-state index contributed by atoms with van der Waals surface area (Å²) in [6.45, 7) is -0.518. The molecule has 3 aromatic rings. The van der Waals surface area contributed by atoms with Crippen molar-refractivity contribution in [3.8, 4) is 0 Å². The van der Waals surface area contributed by atoms with Crippen LogP contribution in [0.1, 0.15) is 34.7 Å². The number of nitrogens with zero attached hydrogens (tertiary/aromatic N) is 1. The van der Waals surface area contributed by atoms with Crippen LogP contribution >= 0.6 is 0 Å². The summed E-state index contributed by atoms with van der Waals surface area (Å²) < 4.78 is 18.1. The van der Waals surface area contributed by atoms with Crippen molar-refractivity contribution >= 4 is 35.1 Å². The number of carbonyl (C=O) groups is 4. The van der Waals surface area contributed by atoms with Crippen LogP contribution in [0.5, 0.6) is 0 Å². The number of anilines is 2. The maximum Gasteiger partial charge on any atom is 0.338 e. The fourth-order valence-corrected chi connectivity index (χ4v) is 6.49. The van der Waals surface area contributed by atoms with Crippen molar-refractivity contribution in [2.75, 3.05) is 16.8 Å². The van der Waals surface area contributed by atoms with Crippen LogP contribution in [0.15, 0.2) is 78.9 Å². The molecule has 5 atom stereocenters. The lowest BCUT2D eigenvalue weighted by Gasteiger charge is -2.28. The number of esters is 1. The van der Waals surface area contributed by atoms with Gasteiger partial charge in [-0.05, 0) is 84.7 Å². The third-order valence-electron chi connectivity index (χ3n) is 8.07. The third-order valence-corrected chi connectivity index (χ3v) is 8.07. The fourth-order valence-electron chi connectivity index (χ4n) is 6.49. The zero-order valence-corrected chi connectivity index (χ0v) is 20.4. The number of hydrogen-bond donors (Lipinski definition) is 1. The van der Waals surface area contributed by atoms with Crippen molar-refractivity contribution in [3.63, 3.8) is 0 Å². The Morgan fingerprint density at radius 3 is 2.26 bits per heavy atom. The van der Waals surface area contributed by atoms with E-state index in [0.29, 0.717) is 11.4 Å². The van der Waals surface area contributed by atoms with Gasteiger partial charge in [-0.2, -0.15) is 0 Å². The highest BCUT2D eigenvalue weighted by Crippen LogP contribution is 2.61. The first kappa shape index (κ1) is 24.0. The Bertz CT molecular complexity index is 1410. The van der Waals surface area contributed by atoms with Gasteiger partial charge in [-0.15, -0.1) is 0 Å². The van der Waals surface area contributed by atoms with Crippen molar-refractivity contribution in [3.05, 3.63) is 95.8 Å². The normalized spacial score (nSPS) is 25.4. The molecule has 3 fully saturated rings. The standard InChI is InChI=1S/C30H25FN2O5/c31-20-8-10-21(11-9-20)32-25(34)16-38-30(37)18-6-12-22(13-7-18)33-28(35)26-19-14-23(17-4-2-1-3-5-17)24(15-19)27(26)29(33)36/h1-13,19,23-24,26-27H,14-16H2,(H,32,34)/t19-,23-,24+,26+,27+/m0/s1. The van der Waals surface area contributed by atoms with E-state index in [1.54, 1.807) is 12.1 Å². The maximum atomic E-state index is 13.5. The second kappa shape index (κ2) is 9.52. The topological polar surface area (TPSA) is 92.8 Å². The van der Waals surface area contributed by atoms with E-state index in [9.17, 15) is 23.6 Å². The lowest BCUT2D eigenvalue weighted by molar-refractivity contribution is -0.123. The Morgan fingerprint density at radius 1 is 0.868 bits per heavy atom. The predicted molar refractivity (Wildman–Crippen MR) is 137 cm³/mol. The van der Waals surface area contributed by atoms with Crippen LogP contribution in [-0.4, -0.2) is 30.3 Å². The second-order valence-corrected chi connectivity index (χ2v) is 10.2. The van der Waals surface area contributed by atoms with Gasteiger partial charge in [0.25, 0.3) is 5.91 Å². The summed E-state index contributed by atoms with van der Waals surface area (Å²) in [5.41, 5.74) is 2.22. The number of fused-ring (bicyclic) bond motifs is 5. The molecular weight excluding hydrogens is 487 g/mol. The van der Waals surface area contributed by atoms with Crippen LogP contribution in [0.4, 0.5) is 15.8 Å². The fraction of sp³-hybridized carbons (Fsp3) is 0.267. The van der Waals surface area contributed by atoms with E-state index in [1.165, 1.54) is 46.9 Å². The van der Waals surface area contributed by atoms with Gasteiger partial charge in [-0.3, -0.25) is 19.3 Å². The molecule has 0 unspecified atom stereocenters. The van der Waals surface area contributed by atoms with Gasteiger partial charge < -0.3 is 10.1 Å². The molecule has 8 heteroatoms. The molecule has 1 heterocycles. The summed E-state index contributed by atoms with van der Waals surface area (Å²) in [4.78, 5) is 52.6. The molecule has 38 heavy (non-hydrogen) atoms. The van der Waals surface area contributed by atoms with Gasteiger partial charge in [0.1, 0.15) is 5.82 Å². The molecule has 3 aromatic carbocycles. The molecule has 192 valence electrons. The summed E-state index contributed by atoms with van der Waals surface area (Å²) in [6, 6.07) is 21.5.